The SMILES string of the molecule is CCNC(=O)c1nnc(-c2cc(C)c(O)cc2O)n1-c1ccc(CN2CCN(CC3CCN(C(=O)C[C@@H]4N=C(c5ccc(Cl)cc5)c5c(sc(C)c5C)-n5c(C)nnc54)CC3)CC2)cc1.O=C(O)C(F)(F)F. The fourth-order valence-electron chi connectivity index (χ4n) is 9.25. The van der Waals surface area contributed by atoms with Crippen molar-refractivity contribution in [3.8, 4) is 33.6 Å². The summed E-state index contributed by atoms with van der Waals surface area (Å²) in [5, 5.41) is 50.1. The van der Waals surface area contributed by atoms with Crippen molar-refractivity contribution in [2.75, 3.05) is 52.4 Å². The molecule has 72 heavy (non-hydrogen) atoms. The lowest BCUT2D eigenvalue weighted by molar-refractivity contribution is -0.192. The summed E-state index contributed by atoms with van der Waals surface area (Å²) in [7, 11) is 0. The van der Waals surface area contributed by atoms with Crippen molar-refractivity contribution >= 4 is 46.4 Å². The molecular weight excluding hydrogens is 975 g/mol. The number of phenolic OH excluding ortho intramolecular Hbond substituents is 2. The summed E-state index contributed by atoms with van der Waals surface area (Å²) in [4.78, 5) is 49.6. The number of aromatic nitrogens is 6. The van der Waals surface area contributed by atoms with Crippen LogP contribution in [0.4, 0.5) is 13.2 Å². The Bertz CT molecular complexity index is 2990. The van der Waals surface area contributed by atoms with Gasteiger partial charge in [-0.05, 0) is 100 Å². The minimum atomic E-state index is -5.08. The number of phenols is 2. The molecule has 9 rings (SSSR count). The fraction of sp³-hybridized carbons (Fsp3) is 0.400. The molecule has 2 fully saturated rings. The van der Waals surface area contributed by atoms with Crippen molar-refractivity contribution in [1.29, 1.82) is 0 Å². The van der Waals surface area contributed by atoms with E-state index in [0.717, 1.165) is 98.4 Å². The van der Waals surface area contributed by atoms with Crippen LogP contribution in [0.2, 0.25) is 5.02 Å². The Morgan fingerprint density at radius 2 is 1.49 bits per heavy atom. The molecule has 3 aromatic heterocycles. The zero-order valence-corrected chi connectivity index (χ0v) is 41.9. The zero-order valence-electron chi connectivity index (χ0n) is 40.4. The number of rotatable bonds is 11. The smallest absolute Gasteiger partial charge is 0.490 e. The van der Waals surface area contributed by atoms with Crippen LogP contribution < -0.4 is 5.32 Å². The number of aromatic hydroxyl groups is 2. The highest BCUT2D eigenvalue weighted by Crippen LogP contribution is 2.40. The molecule has 1 atom stereocenters. The van der Waals surface area contributed by atoms with Crippen LogP contribution in [-0.2, 0) is 16.1 Å². The Balaban J connectivity index is 0.000000923. The first-order valence-electron chi connectivity index (χ1n) is 23.6. The average molecular weight is 1030 g/mol. The largest absolute Gasteiger partial charge is 0.508 e. The molecule has 0 unspecified atom stereocenters. The number of carbonyl (C=O) groups is 3. The molecular formula is C50H55ClF3N11O6S. The van der Waals surface area contributed by atoms with E-state index in [1.165, 1.54) is 16.5 Å². The molecule has 0 spiro atoms. The van der Waals surface area contributed by atoms with Gasteiger partial charge in [-0.2, -0.15) is 13.2 Å². The second-order valence-electron chi connectivity index (χ2n) is 18.2. The summed E-state index contributed by atoms with van der Waals surface area (Å²) < 4.78 is 35.5. The highest BCUT2D eigenvalue weighted by molar-refractivity contribution is 7.15. The number of fused-ring (bicyclic) bond motifs is 3. The number of benzene rings is 3. The molecule has 0 radical (unpaired) electrons. The first-order valence-corrected chi connectivity index (χ1v) is 24.8. The monoisotopic (exact) mass is 1030 g/mol. The predicted octanol–water partition coefficient (Wildman–Crippen LogP) is 7.60. The number of carbonyl (C=O) groups excluding carboxylic acids is 2. The summed E-state index contributed by atoms with van der Waals surface area (Å²) in [6.07, 6.45) is -2.93. The van der Waals surface area contributed by atoms with Gasteiger partial charge in [-0.1, -0.05) is 35.9 Å². The molecule has 22 heteroatoms. The summed E-state index contributed by atoms with van der Waals surface area (Å²) >= 11 is 8.01. The van der Waals surface area contributed by atoms with Gasteiger partial charge in [-0.3, -0.25) is 28.6 Å². The number of aliphatic carboxylic acids is 1. The predicted molar refractivity (Wildman–Crippen MR) is 265 cm³/mol. The Kier molecular flexibility index (Phi) is 15.5. The van der Waals surface area contributed by atoms with Crippen molar-refractivity contribution < 1.29 is 42.9 Å². The number of likely N-dealkylation sites (tertiary alicyclic amines) is 1. The normalized spacial score (nSPS) is 16.5. The van der Waals surface area contributed by atoms with Gasteiger partial charge in [0, 0.05) is 91.7 Å². The van der Waals surface area contributed by atoms with E-state index >= 15 is 0 Å². The van der Waals surface area contributed by atoms with E-state index in [1.54, 1.807) is 28.9 Å². The topological polar surface area (TPSA) is 207 Å². The van der Waals surface area contributed by atoms with Crippen LogP contribution in [0.1, 0.15) is 87.2 Å². The van der Waals surface area contributed by atoms with Crippen LogP contribution in [0.25, 0.3) is 22.1 Å². The first-order chi connectivity index (χ1) is 34.3. The van der Waals surface area contributed by atoms with Gasteiger partial charge in [-0.15, -0.1) is 31.7 Å². The third-order valence-corrected chi connectivity index (χ3v) is 14.7. The average Bonchev–Trinajstić information content (AvgIpc) is 4.02. The molecule has 0 bridgehead atoms. The molecule has 4 N–H and O–H groups in total. The van der Waals surface area contributed by atoms with Crippen LogP contribution in [0.15, 0.2) is 65.7 Å². The molecule has 3 aliphatic rings. The van der Waals surface area contributed by atoms with Crippen LogP contribution in [0.3, 0.4) is 0 Å². The number of aliphatic imine (C=N–C) groups is 1. The van der Waals surface area contributed by atoms with E-state index in [9.17, 15) is 33.0 Å². The van der Waals surface area contributed by atoms with Gasteiger partial charge in [-0.25, -0.2) is 4.79 Å². The molecule has 6 heterocycles. The van der Waals surface area contributed by atoms with Crippen molar-refractivity contribution in [1.82, 2.24) is 49.5 Å². The number of thiophene rings is 1. The third-order valence-electron chi connectivity index (χ3n) is 13.3. The first kappa shape index (κ1) is 51.7. The van der Waals surface area contributed by atoms with Gasteiger partial charge in [0.15, 0.2) is 11.6 Å². The summed E-state index contributed by atoms with van der Waals surface area (Å²) in [5.74, 6) is -0.830. The number of piperidine rings is 1. The van der Waals surface area contributed by atoms with Gasteiger partial charge >= 0.3 is 12.1 Å². The number of hydrogen-bond donors (Lipinski definition) is 4. The molecule has 380 valence electrons. The highest BCUT2D eigenvalue weighted by Gasteiger charge is 2.38. The van der Waals surface area contributed by atoms with E-state index in [4.69, 9.17) is 26.5 Å². The number of piperazine rings is 1. The molecule has 2 saturated heterocycles. The van der Waals surface area contributed by atoms with Crippen LogP contribution in [-0.4, -0.2) is 142 Å². The number of carboxylic acids is 1. The lowest BCUT2D eigenvalue weighted by atomic mass is 9.95. The molecule has 0 saturated carbocycles. The summed E-state index contributed by atoms with van der Waals surface area (Å²) in [5.41, 5.74) is 6.78. The Labute approximate surface area is 422 Å². The quantitative estimate of drug-likeness (QED) is 0.0990. The fourth-order valence-corrected chi connectivity index (χ4v) is 10.6. The maximum absolute atomic E-state index is 14.1. The van der Waals surface area contributed by atoms with Gasteiger partial charge in [0.2, 0.25) is 11.7 Å². The van der Waals surface area contributed by atoms with E-state index < -0.39 is 18.2 Å². The minimum Gasteiger partial charge on any atom is -0.508 e. The number of halogens is 4. The minimum absolute atomic E-state index is 0.0331. The van der Waals surface area contributed by atoms with E-state index in [0.29, 0.717) is 45.9 Å². The Morgan fingerprint density at radius 3 is 2.12 bits per heavy atom. The number of amides is 2. The highest BCUT2D eigenvalue weighted by atomic mass is 35.5. The lowest BCUT2D eigenvalue weighted by Gasteiger charge is -2.39. The lowest BCUT2D eigenvalue weighted by Crippen LogP contribution is -2.48. The van der Waals surface area contributed by atoms with Crippen LogP contribution in [0.5, 0.6) is 11.5 Å². The van der Waals surface area contributed by atoms with Crippen molar-refractivity contribution in [2.24, 2.45) is 10.9 Å². The van der Waals surface area contributed by atoms with Gasteiger partial charge in [0.25, 0.3) is 5.91 Å². The summed E-state index contributed by atoms with van der Waals surface area (Å²) in [6, 6.07) is 18.2. The van der Waals surface area contributed by atoms with Crippen molar-refractivity contribution in [2.45, 2.75) is 72.6 Å². The number of nitrogens with one attached hydrogen (secondary N) is 1. The van der Waals surface area contributed by atoms with E-state index in [2.05, 4.69) is 66.1 Å². The van der Waals surface area contributed by atoms with Gasteiger partial charge < -0.3 is 30.4 Å². The maximum atomic E-state index is 14.1. The van der Waals surface area contributed by atoms with Gasteiger partial charge in [0.1, 0.15) is 28.4 Å². The van der Waals surface area contributed by atoms with E-state index in [-0.39, 0.29) is 35.6 Å². The standard InChI is InChI=1S/C48H54ClN11O4S.C2HF3O2/c1-6-50-47(64)46-55-53-44(37-23-28(2)39(61)25-40(37)62)60(46)36-13-7-32(8-14-36)26-56-19-21-57(22-20-56)27-33-15-17-58(18-16-33)41(63)24-38-45-54-52-31(5)59(45)48-42(29(3)30(4)65-48)43(51-38)34-9-11-35(49)12-10-34;3-2(4,5)1(6)7/h7-14,23,25,33,38,61-62H,6,15-22,24,26-27H2,1-5H3,(H,50,64);(H,6,7)/t38-;/m0./s1. The van der Waals surface area contributed by atoms with Crippen molar-refractivity contribution in [3.05, 3.63) is 116 Å². The Hall–Kier alpha value is -6.68. The molecule has 6 aromatic rings. The molecule has 2 amide bonds. The molecule has 17 nitrogen and oxygen atoms in total. The maximum Gasteiger partial charge on any atom is 0.490 e. The Morgan fingerprint density at radius 1 is 0.833 bits per heavy atom. The van der Waals surface area contributed by atoms with Crippen LogP contribution in [0, 0.1) is 33.6 Å². The number of hydrogen-bond acceptors (Lipinski definition) is 13. The number of carboxylic acid groups (broad SMARTS) is 1. The van der Waals surface area contributed by atoms with Crippen LogP contribution >= 0.6 is 22.9 Å². The molecule has 3 aliphatic heterocycles. The summed E-state index contributed by atoms with van der Waals surface area (Å²) in [6.45, 7) is 17.3. The molecule has 3 aromatic carbocycles. The van der Waals surface area contributed by atoms with Crippen molar-refractivity contribution in [3.63, 3.8) is 0 Å². The second-order valence-corrected chi connectivity index (χ2v) is 19.8. The second kappa shape index (κ2) is 21.6. The third kappa shape index (κ3) is 11.2. The zero-order chi connectivity index (χ0) is 51.6. The number of aryl methyl sites for hydroxylation is 3. The van der Waals surface area contributed by atoms with Gasteiger partial charge in [0.05, 0.1) is 17.7 Å². The molecule has 0 aliphatic carbocycles. The number of alkyl halides is 3. The number of nitrogens with zero attached hydrogens (tertiary/aromatic N) is 10. The van der Waals surface area contributed by atoms with E-state index in [1.807, 2.05) is 55.1 Å².